The number of piperidine rings is 1. The van der Waals surface area contributed by atoms with Gasteiger partial charge in [-0.1, -0.05) is 64.1 Å². The Hall–Kier alpha value is -0.730. The second-order valence-electron chi connectivity index (χ2n) is 6.94. The van der Waals surface area contributed by atoms with E-state index in [0.29, 0.717) is 40.7 Å². The average Bonchev–Trinajstić information content (AvgIpc) is 2.69. The second kappa shape index (κ2) is 9.82. The van der Waals surface area contributed by atoms with Crippen molar-refractivity contribution in [2.45, 2.75) is 18.6 Å². The molecule has 5 nitrogen and oxygen atoms in total. The summed E-state index contributed by atoms with van der Waals surface area (Å²) < 4.78 is 27.1. The number of carbonyl (C=O) groups excluding carboxylic acids is 1. The molecule has 162 valence electrons. The fourth-order valence-electron chi connectivity index (χ4n) is 3.19. The predicted molar refractivity (Wildman–Crippen MR) is 123 cm³/mol. The number of sulfonamides is 1. The molecule has 11 heteroatoms. The van der Waals surface area contributed by atoms with Crippen LogP contribution in [-0.4, -0.2) is 31.7 Å². The highest BCUT2D eigenvalue weighted by Crippen LogP contribution is 2.33. The smallest absolute Gasteiger partial charge is 0.228 e. The lowest BCUT2D eigenvalue weighted by Crippen LogP contribution is -2.44. The first-order chi connectivity index (χ1) is 14.1. The van der Waals surface area contributed by atoms with E-state index >= 15 is 0 Å². The SMILES string of the molecule is O=C(Nc1cc(Cl)c(Cl)cc1Cl)[C@H]1CCCN(S(=O)(=O)Cc2ccc(Cl)c(Cl)c2)C1. The van der Waals surface area contributed by atoms with Gasteiger partial charge in [0.1, 0.15) is 0 Å². The summed E-state index contributed by atoms with van der Waals surface area (Å²) in [6.07, 6.45) is 1.12. The maximum Gasteiger partial charge on any atom is 0.228 e. The van der Waals surface area contributed by atoms with Gasteiger partial charge in [0.25, 0.3) is 0 Å². The van der Waals surface area contributed by atoms with Gasteiger partial charge in [-0.15, -0.1) is 0 Å². The number of nitrogens with one attached hydrogen (secondary N) is 1. The standard InChI is InChI=1S/C19H17Cl5N2O3S/c20-13-4-3-11(6-14(13)21)10-30(28,29)26-5-1-2-12(9-26)19(27)25-18-8-16(23)15(22)7-17(18)24/h3-4,6-8,12H,1-2,5,9-10H2,(H,25,27)/t12-/m0/s1. The summed E-state index contributed by atoms with van der Waals surface area (Å²) in [5.74, 6) is -1.07. The van der Waals surface area contributed by atoms with Crippen LogP contribution in [0.1, 0.15) is 18.4 Å². The van der Waals surface area contributed by atoms with E-state index in [1.807, 2.05) is 0 Å². The van der Waals surface area contributed by atoms with Gasteiger partial charge in [-0.3, -0.25) is 4.79 Å². The Morgan fingerprint density at radius 3 is 2.33 bits per heavy atom. The molecule has 1 aliphatic rings. The summed E-state index contributed by atoms with van der Waals surface area (Å²) in [6, 6.07) is 7.61. The maximum absolute atomic E-state index is 12.9. The minimum atomic E-state index is -3.64. The number of benzene rings is 2. The number of hydrogen-bond acceptors (Lipinski definition) is 3. The normalized spacial score (nSPS) is 17.7. The monoisotopic (exact) mass is 528 g/mol. The first-order valence-corrected chi connectivity index (χ1v) is 12.4. The van der Waals surface area contributed by atoms with Crippen molar-refractivity contribution in [2.75, 3.05) is 18.4 Å². The van der Waals surface area contributed by atoms with Gasteiger partial charge in [-0.25, -0.2) is 12.7 Å². The Bertz CT molecular complexity index is 1080. The molecule has 30 heavy (non-hydrogen) atoms. The van der Waals surface area contributed by atoms with Gasteiger partial charge in [0.2, 0.25) is 15.9 Å². The largest absolute Gasteiger partial charge is 0.324 e. The van der Waals surface area contributed by atoms with Crippen molar-refractivity contribution in [3.8, 4) is 0 Å². The average molecular weight is 531 g/mol. The highest BCUT2D eigenvalue weighted by Gasteiger charge is 2.32. The highest BCUT2D eigenvalue weighted by atomic mass is 35.5. The summed E-state index contributed by atoms with van der Waals surface area (Å²) in [5.41, 5.74) is 0.852. The lowest BCUT2D eigenvalue weighted by Gasteiger charge is -2.31. The van der Waals surface area contributed by atoms with Gasteiger partial charge >= 0.3 is 0 Å². The van der Waals surface area contributed by atoms with Crippen molar-refractivity contribution in [2.24, 2.45) is 5.92 Å². The number of carbonyl (C=O) groups is 1. The van der Waals surface area contributed by atoms with Crippen molar-refractivity contribution < 1.29 is 13.2 Å². The van der Waals surface area contributed by atoms with E-state index in [0.717, 1.165) is 0 Å². The third-order valence-corrected chi connectivity index (χ3v) is 8.34. The number of hydrogen-bond donors (Lipinski definition) is 1. The Morgan fingerprint density at radius 2 is 1.63 bits per heavy atom. The zero-order valence-electron chi connectivity index (χ0n) is 15.5. The van der Waals surface area contributed by atoms with Crippen molar-refractivity contribution in [3.05, 3.63) is 61.0 Å². The fraction of sp³-hybridized carbons (Fsp3) is 0.316. The molecule has 2 aromatic rings. The van der Waals surface area contributed by atoms with E-state index in [1.54, 1.807) is 12.1 Å². The minimum Gasteiger partial charge on any atom is -0.324 e. The fourth-order valence-corrected chi connectivity index (χ4v) is 5.71. The molecule has 0 aromatic heterocycles. The van der Waals surface area contributed by atoms with Gasteiger partial charge < -0.3 is 5.32 Å². The van der Waals surface area contributed by atoms with Crippen LogP contribution in [0.15, 0.2) is 30.3 Å². The van der Waals surface area contributed by atoms with Crippen molar-refractivity contribution >= 4 is 79.6 Å². The van der Waals surface area contributed by atoms with Crippen LogP contribution in [0, 0.1) is 5.92 Å². The first kappa shape index (κ1) is 23.9. The van der Waals surface area contributed by atoms with Gasteiger partial charge in [0.05, 0.1) is 42.5 Å². The minimum absolute atomic E-state index is 0.0778. The Morgan fingerprint density at radius 1 is 0.967 bits per heavy atom. The summed E-state index contributed by atoms with van der Waals surface area (Å²) in [4.78, 5) is 12.7. The van der Waals surface area contributed by atoms with E-state index in [9.17, 15) is 13.2 Å². The van der Waals surface area contributed by atoms with E-state index in [1.165, 1.54) is 22.5 Å². The van der Waals surface area contributed by atoms with Crippen molar-refractivity contribution in [3.63, 3.8) is 0 Å². The molecule has 1 atom stereocenters. The zero-order valence-corrected chi connectivity index (χ0v) is 20.1. The molecule has 0 radical (unpaired) electrons. The Labute approximate surface area is 200 Å². The van der Waals surface area contributed by atoms with E-state index in [-0.39, 0.29) is 33.3 Å². The van der Waals surface area contributed by atoms with Crippen LogP contribution >= 0.6 is 58.0 Å². The van der Waals surface area contributed by atoms with Crippen LogP contribution < -0.4 is 5.32 Å². The molecule has 0 unspecified atom stereocenters. The van der Waals surface area contributed by atoms with Crippen LogP contribution in [0.4, 0.5) is 5.69 Å². The molecule has 1 amide bonds. The van der Waals surface area contributed by atoms with Gasteiger partial charge in [0, 0.05) is 13.1 Å². The molecule has 1 saturated heterocycles. The van der Waals surface area contributed by atoms with Crippen LogP contribution in [0.2, 0.25) is 25.1 Å². The third-order valence-electron chi connectivity index (χ3n) is 4.75. The van der Waals surface area contributed by atoms with Gasteiger partial charge in [-0.05, 0) is 42.7 Å². The Balaban J connectivity index is 1.70. The summed E-state index contributed by atoms with van der Waals surface area (Å²) in [6.45, 7) is 0.426. The summed E-state index contributed by atoms with van der Waals surface area (Å²) in [5, 5.41) is 4.14. The van der Waals surface area contributed by atoms with Crippen LogP contribution in [0.25, 0.3) is 0 Å². The third kappa shape index (κ3) is 5.74. The van der Waals surface area contributed by atoms with Crippen LogP contribution in [0.3, 0.4) is 0 Å². The highest BCUT2D eigenvalue weighted by molar-refractivity contribution is 7.88. The maximum atomic E-state index is 12.9. The molecule has 2 aromatic carbocycles. The molecule has 0 bridgehead atoms. The van der Waals surface area contributed by atoms with Crippen LogP contribution in [0.5, 0.6) is 0 Å². The molecular weight excluding hydrogens is 514 g/mol. The molecule has 1 N–H and O–H groups in total. The molecule has 1 fully saturated rings. The second-order valence-corrected chi connectivity index (χ2v) is 10.9. The number of anilines is 1. The molecule has 1 aliphatic heterocycles. The number of nitrogens with zero attached hydrogens (tertiary/aromatic N) is 1. The van der Waals surface area contributed by atoms with Crippen molar-refractivity contribution in [1.82, 2.24) is 4.31 Å². The lowest BCUT2D eigenvalue weighted by molar-refractivity contribution is -0.120. The molecule has 3 rings (SSSR count). The zero-order chi connectivity index (χ0) is 22.1. The number of halogens is 5. The van der Waals surface area contributed by atoms with Gasteiger partial charge in [-0.2, -0.15) is 0 Å². The quantitative estimate of drug-likeness (QED) is 0.473. The van der Waals surface area contributed by atoms with Crippen LogP contribution in [-0.2, 0) is 20.6 Å². The predicted octanol–water partition coefficient (Wildman–Crippen LogP) is 6.13. The molecule has 1 heterocycles. The summed E-state index contributed by atoms with van der Waals surface area (Å²) in [7, 11) is -3.64. The summed E-state index contributed by atoms with van der Waals surface area (Å²) >= 11 is 29.9. The molecule has 0 aliphatic carbocycles. The van der Waals surface area contributed by atoms with E-state index in [4.69, 9.17) is 58.0 Å². The van der Waals surface area contributed by atoms with Crippen molar-refractivity contribution in [1.29, 1.82) is 0 Å². The Kier molecular flexibility index (Phi) is 7.83. The molecule has 0 saturated carbocycles. The number of rotatable bonds is 5. The van der Waals surface area contributed by atoms with Gasteiger partial charge in [0.15, 0.2) is 0 Å². The first-order valence-electron chi connectivity index (χ1n) is 8.94. The molecule has 0 spiro atoms. The topological polar surface area (TPSA) is 66.5 Å². The lowest BCUT2D eigenvalue weighted by atomic mass is 9.98. The van der Waals surface area contributed by atoms with E-state index in [2.05, 4.69) is 5.32 Å². The number of amides is 1. The van der Waals surface area contributed by atoms with E-state index < -0.39 is 15.9 Å². The molecular formula is C19H17Cl5N2O3S.